The molecule has 1 aromatic heterocycles. The van der Waals surface area contributed by atoms with Gasteiger partial charge in [-0.3, -0.25) is 14.4 Å². The van der Waals surface area contributed by atoms with Crippen LogP contribution < -0.4 is 16.1 Å². The lowest BCUT2D eigenvalue weighted by molar-refractivity contribution is -0.154. The van der Waals surface area contributed by atoms with Crippen LogP contribution in [-0.4, -0.2) is 88.7 Å². The Morgan fingerprint density at radius 3 is 2.52 bits per heavy atom. The molecule has 0 aliphatic carbocycles. The summed E-state index contributed by atoms with van der Waals surface area (Å²) in [5.74, 6) is -1.14. The van der Waals surface area contributed by atoms with Gasteiger partial charge in [-0.2, -0.15) is 0 Å². The van der Waals surface area contributed by atoms with E-state index >= 15 is 0 Å². The summed E-state index contributed by atoms with van der Waals surface area (Å²) in [6.45, 7) is 14.5. The molecule has 0 radical (unpaired) electrons. The number of nitrogens with zero attached hydrogens (tertiary/aromatic N) is 3. The van der Waals surface area contributed by atoms with Crippen molar-refractivity contribution in [3.05, 3.63) is 47.7 Å². The molecule has 4 rings (SSSR count). The second-order valence-electron chi connectivity index (χ2n) is 14.1. The molecule has 1 saturated heterocycles. The van der Waals surface area contributed by atoms with E-state index in [1.807, 2.05) is 75.2 Å². The fourth-order valence-electron chi connectivity index (χ4n) is 5.74. The molecule has 3 heterocycles. The SMILES string of the molecule is CC1CN2CCCC(N2)C(=O)OC(C)c2ccc3ccc(cc3n2)C=CCCN(C(=O)OC(C)(C)C)CCC(=O)NC(C(C)C)C(=O)N1. The number of ether oxygens (including phenoxy) is 2. The Morgan fingerprint density at radius 2 is 1.79 bits per heavy atom. The number of esters is 1. The number of pyridine rings is 1. The Hall–Kier alpha value is -4.03. The number of aromatic nitrogens is 1. The third-order valence-electron chi connectivity index (χ3n) is 8.28. The van der Waals surface area contributed by atoms with E-state index in [-0.39, 0.29) is 42.7 Å². The highest BCUT2D eigenvalue weighted by Crippen LogP contribution is 2.22. The van der Waals surface area contributed by atoms with Crippen LogP contribution in [0.3, 0.4) is 0 Å². The van der Waals surface area contributed by atoms with Crippen molar-refractivity contribution in [2.45, 2.75) is 104 Å². The van der Waals surface area contributed by atoms with E-state index < -0.39 is 29.9 Å². The van der Waals surface area contributed by atoms with Crippen molar-refractivity contribution in [3.8, 4) is 0 Å². The van der Waals surface area contributed by atoms with E-state index in [9.17, 15) is 19.2 Å². The third-order valence-corrected chi connectivity index (χ3v) is 8.28. The fourth-order valence-corrected chi connectivity index (χ4v) is 5.74. The first-order valence-corrected chi connectivity index (χ1v) is 17.0. The van der Waals surface area contributed by atoms with Crippen molar-refractivity contribution in [1.82, 2.24) is 31.0 Å². The first kappa shape index (κ1) is 36.8. The number of nitrogens with one attached hydrogen (secondary N) is 3. The summed E-state index contributed by atoms with van der Waals surface area (Å²) in [4.78, 5) is 59.0. The summed E-state index contributed by atoms with van der Waals surface area (Å²) < 4.78 is 11.5. The summed E-state index contributed by atoms with van der Waals surface area (Å²) in [7, 11) is 0. The first-order chi connectivity index (χ1) is 22.7. The molecule has 3 amide bonds. The molecule has 3 N–H and O–H groups in total. The minimum absolute atomic E-state index is 0.0152. The van der Waals surface area contributed by atoms with Crippen LogP contribution in [0.25, 0.3) is 17.0 Å². The standard InChI is InChI=1S/C36H52N6O6/c1-23(2)32-33(44)37-24(3)22-42-19-10-12-29(40-42)34(45)47-25(4)28-16-15-27-14-13-26(21-30(27)38-28)11-8-9-18-41(20-17-31(43)39-32)35(46)48-36(5,6)7/h8,11,13-16,21,23-25,29,32,40H,9-10,12,17-20,22H2,1-7H3,(H,37,44)(H,39,43). The lowest BCUT2D eigenvalue weighted by Crippen LogP contribution is -2.58. The molecule has 262 valence electrons. The van der Waals surface area contributed by atoms with Crippen molar-refractivity contribution < 1.29 is 28.7 Å². The van der Waals surface area contributed by atoms with Crippen molar-refractivity contribution in [2.75, 3.05) is 26.2 Å². The monoisotopic (exact) mass is 664 g/mol. The Kier molecular flexibility index (Phi) is 12.6. The molecule has 2 aliphatic heterocycles. The number of carbonyl (C=O) groups excluding carboxylic acids is 4. The molecule has 5 unspecified atom stereocenters. The summed E-state index contributed by atoms with van der Waals surface area (Å²) in [6.07, 6.45) is 4.85. The van der Waals surface area contributed by atoms with E-state index in [0.717, 1.165) is 22.9 Å². The number of hydrogen-bond acceptors (Lipinski definition) is 9. The van der Waals surface area contributed by atoms with Crippen molar-refractivity contribution in [1.29, 1.82) is 0 Å². The second-order valence-corrected chi connectivity index (χ2v) is 14.1. The highest BCUT2D eigenvalue weighted by atomic mass is 16.6. The Bertz CT molecular complexity index is 1490. The van der Waals surface area contributed by atoms with E-state index in [2.05, 4.69) is 16.1 Å². The largest absolute Gasteiger partial charge is 0.455 e. The lowest BCUT2D eigenvalue weighted by atomic mass is 10.0. The van der Waals surface area contributed by atoms with Crippen LogP contribution in [0.4, 0.5) is 4.79 Å². The number of rotatable bonds is 1. The van der Waals surface area contributed by atoms with E-state index in [1.54, 1.807) is 20.8 Å². The molecule has 1 fully saturated rings. The predicted molar refractivity (Wildman–Crippen MR) is 184 cm³/mol. The number of benzene rings is 1. The normalized spacial score (nSPS) is 25.6. The Labute approximate surface area is 283 Å². The highest BCUT2D eigenvalue weighted by molar-refractivity contribution is 5.88. The van der Waals surface area contributed by atoms with Gasteiger partial charge in [0.1, 0.15) is 23.8 Å². The van der Waals surface area contributed by atoms with Gasteiger partial charge in [0.05, 0.1) is 11.2 Å². The van der Waals surface area contributed by atoms with Crippen LogP contribution in [0.1, 0.15) is 91.5 Å². The average Bonchev–Trinajstić information content (AvgIpc) is 3.01. The molecule has 0 saturated carbocycles. The number of carbonyl (C=O) groups is 4. The van der Waals surface area contributed by atoms with Gasteiger partial charge < -0.3 is 25.0 Å². The van der Waals surface area contributed by atoms with Crippen LogP contribution in [0.2, 0.25) is 0 Å². The van der Waals surface area contributed by atoms with Gasteiger partial charge in [0.2, 0.25) is 11.8 Å². The summed E-state index contributed by atoms with van der Waals surface area (Å²) in [6, 6.07) is 8.27. The van der Waals surface area contributed by atoms with Crippen molar-refractivity contribution >= 4 is 40.9 Å². The van der Waals surface area contributed by atoms with Gasteiger partial charge in [-0.1, -0.05) is 44.2 Å². The van der Waals surface area contributed by atoms with E-state index in [1.165, 1.54) is 4.90 Å². The number of cyclic esters (lactones) is 1. The van der Waals surface area contributed by atoms with E-state index in [4.69, 9.17) is 14.5 Å². The summed E-state index contributed by atoms with van der Waals surface area (Å²) in [5.41, 5.74) is 4.95. The summed E-state index contributed by atoms with van der Waals surface area (Å²) >= 11 is 0. The van der Waals surface area contributed by atoms with Gasteiger partial charge in [0.15, 0.2) is 0 Å². The average molecular weight is 665 g/mol. The van der Waals surface area contributed by atoms with Crippen LogP contribution in [0, 0.1) is 5.92 Å². The number of fused-ring (bicyclic) bond motifs is 4. The van der Waals surface area contributed by atoms with Gasteiger partial charge in [0.25, 0.3) is 0 Å². The maximum atomic E-state index is 13.3. The van der Waals surface area contributed by atoms with Crippen LogP contribution in [0.5, 0.6) is 0 Å². The molecule has 2 aliphatic rings. The van der Waals surface area contributed by atoms with E-state index in [0.29, 0.717) is 38.2 Å². The van der Waals surface area contributed by atoms with Crippen molar-refractivity contribution in [3.63, 3.8) is 0 Å². The third kappa shape index (κ3) is 10.7. The van der Waals surface area contributed by atoms with Gasteiger partial charge in [-0.25, -0.2) is 20.2 Å². The van der Waals surface area contributed by atoms with Gasteiger partial charge >= 0.3 is 12.1 Å². The second kappa shape index (κ2) is 16.4. The summed E-state index contributed by atoms with van der Waals surface area (Å²) in [5, 5.41) is 8.79. The van der Waals surface area contributed by atoms with Crippen LogP contribution >= 0.6 is 0 Å². The topological polar surface area (TPSA) is 142 Å². The molecule has 12 nitrogen and oxygen atoms in total. The molecular formula is C36H52N6O6. The van der Waals surface area contributed by atoms with Gasteiger partial charge in [-0.15, -0.1) is 0 Å². The molecule has 1 aromatic carbocycles. The number of hydrogen-bond donors (Lipinski definition) is 3. The van der Waals surface area contributed by atoms with Gasteiger partial charge in [0, 0.05) is 44.0 Å². The molecular weight excluding hydrogens is 612 g/mol. The fraction of sp³-hybridized carbons (Fsp3) is 0.583. The maximum absolute atomic E-state index is 13.3. The van der Waals surface area contributed by atoms with Crippen LogP contribution in [0.15, 0.2) is 36.4 Å². The van der Waals surface area contributed by atoms with Crippen molar-refractivity contribution in [2.24, 2.45) is 5.92 Å². The molecule has 5 bridgehead atoms. The first-order valence-electron chi connectivity index (χ1n) is 17.0. The molecule has 12 heteroatoms. The minimum atomic E-state index is -0.755. The van der Waals surface area contributed by atoms with Crippen LogP contribution in [-0.2, 0) is 23.9 Å². The zero-order chi connectivity index (χ0) is 35.0. The Balaban J connectivity index is 1.58. The molecule has 2 aromatic rings. The lowest BCUT2D eigenvalue weighted by Gasteiger charge is -2.35. The predicted octanol–water partition coefficient (Wildman–Crippen LogP) is 4.50. The molecule has 48 heavy (non-hydrogen) atoms. The zero-order valence-corrected chi connectivity index (χ0v) is 29.4. The smallest absolute Gasteiger partial charge is 0.410 e. The molecule has 5 atom stereocenters. The minimum Gasteiger partial charge on any atom is -0.455 e. The molecule has 0 spiro atoms. The quantitative estimate of drug-likeness (QED) is 0.376. The van der Waals surface area contributed by atoms with Gasteiger partial charge in [-0.05, 0) is 77.5 Å². The zero-order valence-electron chi connectivity index (χ0n) is 29.4. The highest BCUT2D eigenvalue weighted by Gasteiger charge is 2.31. The number of hydrazine groups is 1. The Morgan fingerprint density at radius 1 is 1.04 bits per heavy atom. The number of amides is 3. The maximum Gasteiger partial charge on any atom is 0.410 e.